The average Bonchev–Trinajstić information content (AvgIpc) is 3.09. The van der Waals surface area contributed by atoms with Gasteiger partial charge in [0.2, 0.25) is 0 Å². The van der Waals surface area contributed by atoms with E-state index in [-0.39, 0.29) is 12.1 Å². The molecule has 1 aromatic rings. The molecule has 1 atom stereocenters. The summed E-state index contributed by atoms with van der Waals surface area (Å²) in [4.78, 5) is 14.6. The second-order valence-electron chi connectivity index (χ2n) is 6.02. The summed E-state index contributed by atoms with van der Waals surface area (Å²) in [6.45, 7) is 4.51. The molecule has 2 N–H and O–H groups in total. The fraction of sp³-hybridized carbons (Fsp3) is 0.588. The number of hydrogen-bond donors (Lipinski definition) is 2. The largest absolute Gasteiger partial charge is 0.376 e. The van der Waals surface area contributed by atoms with Crippen LogP contribution in [0.3, 0.4) is 0 Å². The number of amides is 2. The van der Waals surface area contributed by atoms with E-state index >= 15 is 0 Å². The molecule has 3 rings (SSSR count). The molecule has 2 amide bonds. The van der Waals surface area contributed by atoms with Crippen molar-refractivity contribution in [3.63, 3.8) is 0 Å². The lowest BCUT2D eigenvalue weighted by molar-refractivity contribution is 0.112. The first-order valence-corrected chi connectivity index (χ1v) is 9.51. The smallest absolute Gasteiger partial charge is 0.319 e. The van der Waals surface area contributed by atoms with Gasteiger partial charge in [0.15, 0.2) is 0 Å². The normalized spacial score (nSPS) is 22.0. The van der Waals surface area contributed by atoms with Crippen LogP contribution in [-0.2, 0) is 11.3 Å². The minimum atomic E-state index is -0.151. The van der Waals surface area contributed by atoms with Crippen molar-refractivity contribution in [3.8, 4) is 0 Å². The standard InChI is InChI=1S/C17H25N3O2S/c21-17(18-12-15-5-3-9-22-15)19-16-6-2-1-4-14(16)13-20-7-10-23-11-8-20/h1-2,4,6,15H,3,5,7-13H2,(H2,18,19,21). The number of carbonyl (C=O) groups is 1. The summed E-state index contributed by atoms with van der Waals surface area (Å²) in [5.74, 6) is 2.38. The maximum atomic E-state index is 12.1. The van der Waals surface area contributed by atoms with Crippen LogP contribution in [0.1, 0.15) is 18.4 Å². The quantitative estimate of drug-likeness (QED) is 0.868. The monoisotopic (exact) mass is 335 g/mol. The summed E-state index contributed by atoms with van der Waals surface area (Å²) < 4.78 is 5.53. The lowest BCUT2D eigenvalue weighted by atomic mass is 10.1. The third kappa shape index (κ3) is 5.12. The number of nitrogens with one attached hydrogen (secondary N) is 2. The molecule has 0 aromatic heterocycles. The van der Waals surface area contributed by atoms with Gasteiger partial charge >= 0.3 is 6.03 Å². The van der Waals surface area contributed by atoms with Gasteiger partial charge in [-0.25, -0.2) is 4.79 Å². The molecule has 6 heteroatoms. The van der Waals surface area contributed by atoms with Crippen LogP contribution in [0.2, 0.25) is 0 Å². The zero-order valence-corrected chi connectivity index (χ0v) is 14.2. The van der Waals surface area contributed by atoms with Gasteiger partial charge in [0.1, 0.15) is 0 Å². The second kappa shape index (κ2) is 8.57. The number of carbonyl (C=O) groups excluding carboxylic acids is 1. The Kier molecular flexibility index (Phi) is 6.19. The van der Waals surface area contributed by atoms with Gasteiger partial charge in [0.25, 0.3) is 0 Å². The van der Waals surface area contributed by atoms with Gasteiger partial charge in [-0.15, -0.1) is 0 Å². The molecule has 5 nitrogen and oxygen atoms in total. The SMILES string of the molecule is O=C(NCC1CCCO1)Nc1ccccc1CN1CCSCC1. The summed E-state index contributed by atoms with van der Waals surface area (Å²) in [6.07, 6.45) is 2.29. The van der Waals surface area contributed by atoms with Crippen LogP contribution in [0.25, 0.3) is 0 Å². The number of urea groups is 1. The van der Waals surface area contributed by atoms with Crippen LogP contribution in [0, 0.1) is 0 Å². The Morgan fingerprint density at radius 1 is 1.30 bits per heavy atom. The molecule has 2 fully saturated rings. The van der Waals surface area contributed by atoms with Gasteiger partial charge in [-0.1, -0.05) is 18.2 Å². The first-order chi connectivity index (χ1) is 11.3. The lowest BCUT2D eigenvalue weighted by Gasteiger charge is -2.27. The topological polar surface area (TPSA) is 53.6 Å². The van der Waals surface area contributed by atoms with Crippen molar-refractivity contribution in [3.05, 3.63) is 29.8 Å². The molecule has 1 aromatic carbocycles. The molecule has 0 saturated carbocycles. The summed E-state index contributed by atoms with van der Waals surface area (Å²) in [5, 5.41) is 5.90. The number of para-hydroxylation sites is 1. The van der Waals surface area contributed by atoms with Crippen LogP contribution < -0.4 is 10.6 Å². The van der Waals surface area contributed by atoms with Gasteiger partial charge in [0, 0.05) is 50.0 Å². The minimum Gasteiger partial charge on any atom is -0.376 e. The van der Waals surface area contributed by atoms with Crippen LogP contribution in [0.15, 0.2) is 24.3 Å². The van der Waals surface area contributed by atoms with E-state index in [1.54, 1.807) is 0 Å². The second-order valence-corrected chi connectivity index (χ2v) is 7.24. The van der Waals surface area contributed by atoms with E-state index in [0.29, 0.717) is 6.54 Å². The Bertz CT molecular complexity index is 514. The van der Waals surface area contributed by atoms with Crippen molar-refractivity contribution < 1.29 is 9.53 Å². The molecule has 2 aliphatic rings. The van der Waals surface area contributed by atoms with E-state index < -0.39 is 0 Å². The van der Waals surface area contributed by atoms with E-state index in [4.69, 9.17) is 4.74 Å². The molecular weight excluding hydrogens is 310 g/mol. The summed E-state index contributed by atoms with van der Waals surface area (Å²) in [5.41, 5.74) is 2.07. The average molecular weight is 335 g/mol. The lowest BCUT2D eigenvalue weighted by Crippen LogP contribution is -2.36. The molecule has 0 radical (unpaired) electrons. The summed E-state index contributed by atoms with van der Waals surface area (Å²) in [6, 6.07) is 7.91. The van der Waals surface area contributed by atoms with Crippen LogP contribution in [0.5, 0.6) is 0 Å². The van der Waals surface area contributed by atoms with E-state index in [1.165, 1.54) is 17.1 Å². The number of hydrogen-bond acceptors (Lipinski definition) is 4. The Balaban J connectivity index is 1.52. The fourth-order valence-corrected chi connectivity index (χ4v) is 3.94. The van der Waals surface area contributed by atoms with Crippen molar-refractivity contribution in [1.29, 1.82) is 0 Å². The maximum Gasteiger partial charge on any atom is 0.319 e. The Hall–Kier alpha value is -1.24. The Labute approximate surface area is 142 Å². The molecule has 23 heavy (non-hydrogen) atoms. The zero-order chi connectivity index (χ0) is 15.9. The highest BCUT2D eigenvalue weighted by atomic mass is 32.2. The summed E-state index contributed by atoms with van der Waals surface area (Å²) in [7, 11) is 0. The molecule has 2 heterocycles. The van der Waals surface area contributed by atoms with Gasteiger partial charge in [-0.3, -0.25) is 4.90 Å². The predicted octanol–water partition coefficient (Wildman–Crippen LogP) is 2.54. The Morgan fingerprint density at radius 3 is 2.91 bits per heavy atom. The number of thioether (sulfide) groups is 1. The van der Waals surface area contributed by atoms with E-state index in [2.05, 4.69) is 21.6 Å². The van der Waals surface area contributed by atoms with Crippen molar-refractivity contribution in [2.24, 2.45) is 0 Å². The minimum absolute atomic E-state index is 0.151. The first-order valence-electron chi connectivity index (χ1n) is 8.36. The third-order valence-electron chi connectivity index (χ3n) is 4.28. The van der Waals surface area contributed by atoms with Crippen LogP contribution in [-0.4, -0.2) is 54.8 Å². The number of ether oxygens (including phenoxy) is 1. The number of benzene rings is 1. The fourth-order valence-electron chi connectivity index (χ4n) is 2.96. The number of nitrogens with zero attached hydrogens (tertiary/aromatic N) is 1. The number of anilines is 1. The predicted molar refractivity (Wildman–Crippen MR) is 95.0 cm³/mol. The molecular formula is C17H25N3O2S. The van der Waals surface area contributed by atoms with Crippen molar-refractivity contribution in [2.75, 3.05) is 43.1 Å². The van der Waals surface area contributed by atoms with E-state index in [9.17, 15) is 4.79 Å². The Morgan fingerprint density at radius 2 is 2.13 bits per heavy atom. The molecule has 2 aliphatic heterocycles. The van der Waals surface area contributed by atoms with E-state index in [0.717, 1.165) is 44.8 Å². The third-order valence-corrected chi connectivity index (χ3v) is 5.22. The van der Waals surface area contributed by atoms with Crippen molar-refractivity contribution in [2.45, 2.75) is 25.5 Å². The number of rotatable bonds is 5. The highest BCUT2D eigenvalue weighted by Crippen LogP contribution is 2.19. The van der Waals surface area contributed by atoms with Gasteiger partial charge in [0.05, 0.1) is 6.10 Å². The van der Waals surface area contributed by atoms with Crippen LogP contribution >= 0.6 is 11.8 Å². The maximum absolute atomic E-state index is 12.1. The van der Waals surface area contributed by atoms with Crippen LogP contribution in [0.4, 0.5) is 10.5 Å². The molecule has 1 unspecified atom stereocenters. The highest BCUT2D eigenvalue weighted by molar-refractivity contribution is 7.99. The van der Waals surface area contributed by atoms with Crippen molar-refractivity contribution >= 4 is 23.5 Å². The van der Waals surface area contributed by atoms with Gasteiger partial charge in [-0.2, -0.15) is 11.8 Å². The van der Waals surface area contributed by atoms with Gasteiger partial charge < -0.3 is 15.4 Å². The van der Waals surface area contributed by atoms with E-state index in [1.807, 2.05) is 30.0 Å². The molecule has 0 spiro atoms. The molecule has 126 valence electrons. The molecule has 0 bridgehead atoms. The van der Waals surface area contributed by atoms with Gasteiger partial charge in [-0.05, 0) is 24.5 Å². The zero-order valence-electron chi connectivity index (χ0n) is 13.4. The molecule has 0 aliphatic carbocycles. The van der Waals surface area contributed by atoms with Crippen molar-refractivity contribution in [1.82, 2.24) is 10.2 Å². The molecule has 2 saturated heterocycles. The summed E-state index contributed by atoms with van der Waals surface area (Å²) >= 11 is 2.01. The first kappa shape index (κ1) is 16.6. The highest BCUT2D eigenvalue weighted by Gasteiger charge is 2.17.